The molecule has 0 spiro atoms. The average Bonchev–Trinajstić information content (AvgIpc) is 2.84. The number of thioether (sulfide) groups is 1. The van der Waals surface area contributed by atoms with Gasteiger partial charge in [0.1, 0.15) is 4.90 Å². The third-order valence-electron chi connectivity index (χ3n) is 3.31. The minimum atomic E-state index is -3.59. The number of rotatable bonds is 2. The number of hydrogen-bond acceptors (Lipinski definition) is 4. The molecule has 1 aromatic heterocycles. The fourth-order valence-electron chi connectivity index (χ4n) is 2.38. The molecule has 0 amide bonds. The first-order valence-corrected chi connectivity index (χ1v) is 8.85. The highest BCUT2D eigenvalue weighted by Gasteiger charge is 2.37. The van der Waals surface area contributed by atoms with Crippen LogP contribution in [0.25, 0.3) is 0 Å². The summed E-state index contributed by atoms with van der Waals surface area (Å²) in [6.45, 7) is 4.55. The first-order chi connectivity index (χ1) is 9.79. The highest BCUT2D eigenvalue weighted by Crippen LogP contribution is 2.45. The van der Waals surface area contributed by atoms with Crippen molar-refractivity contribution in [3.63, 3.8) is 0 Å². The molecule has 1 aromatic carbocycles. The van der Waals surface area contributed by atoms with Crippen LogP contribution in [0, 0.1) is 0 Å². The molecule has 0 radical (unpaired) electrons. The van der Waals surface area contributed by atoms with E-state index in [4.69, 9.17) is 0 Å². The highest BCUT2D eigenvalue weighted by molar-refractivity contribution is 8.01. The van der Waals surface area contributed by atoms with Gasteiger partial charge in [0, 0.05) is 29.4 Å². The maximum atomic E-state index is 12.9. The van der Waals surface area contributed by atoms with Gasteiger partial charge in [0.2, 0.25) is 0 Å². The van der Waals surface area contributed by atoms with E-state index in [0.717, 1.165) is 10.6 Å². The van der Waals surface area contributed by atoms with E-state index in [9.17, 15) is 8.42 Å². The van der Waals surface area contributed by atoms with Crippen LogP contribution < -0.4 is 4.31 Å². The minimum Gasteiger partial charge on any atom is -0.274 e. The number of sulfonamides is 1. The lowest BCUT2D eigenvalue weighted by atomic mass is 10.2. The van der Waals surface area contributed by atoms with Crippen molar-refractivity contribution in [2.75, 3.05) is 10.8 Å². The fraction of sp³-hybridized carbons (Fsp3) is 0.357. The van der Waals surface area contributed by atoms with Crippen molar-refractivity contribution in [3.05, 3.63) is 36.7 Å². The molecule has 1 aliphatic heterocycles. The normalized spacial score (nSPS) is 17.6. The maximum absolute atomic E-state index is 12.9. The molecule has 1 aliphatic rings. The molecule has 112 valence electrons. The highest BCUT2D eigenvalue weighted by atomic mass is 32.2. The Morgan fingerprint density at radius 1 is 1.29 bits per heavy atom. The van der Waals surface area contributed by atoms with Gasteiger partial charge in [-0.15, -0.1) is 11.8 Å². The SMILES string of the molecule is Cn1cc(S(=O)(=O)N2CC(C)(C)Sc3ccccc32)cn1. The Balaban J connectivity index is 2.13. The van der Waals surface area contributed by atoms with Gasteiger partial charge in [0.15, 0.2) is 0 Å². The van der Waals surface area contributed by atoms with Gasteiger partial charge in [-0.1, -0.05) is 12.1 Å². The van der Waals surface area contributed by atoms with Gasteiger partial charge in [-0.2, -0.15) is 5.10 Å². The number of para-hydroxylation sites is 1. The molecular formula is C14H17N3O2S2. The lowest BCUT2D eigenvalue weighted by molar-refractivity contribution is 0.582. The van der Waals surface area contributed by atoms with E-state index < -0.39 is 10.0 Å². The Morgan fingerprint density at radius 3 is 2.67 bits per heavy atom. The summed E-state index contributed by atoms with van der Waals surface area (Å²) in [5, 5.41) is 3.98. The zero-order valence-corrected chi connectivity index (χ0v) is 13.8. The van der Waals surface area contributed by atoms with E-state index in [1.807, 2.05) is 24.3 Å². The summed E-state index contributed by atoms with van der Waals surface area (Å²) in [7, 11) is -1.88. The summed E-state index contributed by atoms with van der Waals surface area (Å²) < 4.78 is 28.7. The van der Waals surface area contributed by atoms with Gasteiger partial charge in [-0.3, -0.25) is 8.99 Å². The van der Waals surface area contributed by atoms with E-state index in [2.05, 4.69) is 18.9 Å². The van der Waals surface area contributed by atoms with E-state index in [1.54, 1.807) is 18.8 Å². The molecule has 0 aliphatic carbocycles. The maximum Gasteiger partial charge on any atom is 0.267 e. The second-order valence-electron chi connectivity index (χ2n) is 5.69. The van der Waals surface area contributed by atoms with Crippen molar-refractivity contribution < 1.29 is 8.42 Å². The van der Waals surface area contributed by atoms with Gasteiger partial charge >= 0.3 is 0 Å². The zero-order chi connectivity index (χ0) is 15.3. The third-order valence-corrected chi connectivity index (χ3v) is 6.27. The van der Waals surface area contributed by atoms with E-state index in [1.165, 1.54) is 21.4 Å². The van der Waals surface area contributed by atoms with Crippen molar-refractivity contribution in [1.82, 2.24) is 9.78 Å². The molecule has 2 heterocycles. The van der Waals surface area contributed by atoms with Crippen LogP contribution in [0.4, 0.5) is 5.69 Å². The van der Waals surface area contributed by atoms with E-state index in [0.29, 0.717) is 6.54 Å². The van der Waals surface area contributed by atoms with Crippen LogP contribution in [0.15, 0.2) is 46.5 Å². The van der Waals surface area contributed by atoms with Crippen molar-refractivity contribution >= 4 is 27.5 Å². The van der Waals surface area contributed by atoms with E-state index in [-0.39, 0.29) is 9.64 Å². The third kappa shape index (κ3) is 2.55. The molecule has 0 fully saturated rings. The van der Waals surface area contributed by atoms with Crippen LogP contribution in [0.1, 0.15) is 13.8 Å². The summed E-state index contributed by atoms with van der Waals surface area (Å²) in [5.74, 6) is 0. The van der Waals surface area contributed by atoms with E-state index >= 15 is 0 Å². The number of aryl methyl sites for hydroxylation is 1. The molecule has 7 heteroatoms. The van der Waals surface area contributed by atoms with Crippen molar-refractivity contribution in [3.8, 4) is 0 Å². The molecule has 0 unspecified atom stereocenters. The monoisotopic (exact) mass is 323 g/mol. The molecule has 0 atom stereocenters. The second-order valence-corrected chi connectivity index (χ2v) is 9.30. The number of aromatic nitrogens is 2. The van der Waals surface area contributed by atoms with Crippen LogP contribution in [0.3, 0.4) is 0 Å². The Kier molecular flexibility index (Phi) is 3.29. The molecule has 3 rings (SSSR count). The lowest BCUT2D eigenvalue weighted by Gasteiger charge is -2.38. The molecule has 0 saturated heterocycles. The summed E-state index contributed by atoms with van der Waals surface area (Å²) in [6, 6.07) is 7.61. The van der Waals surface area contributed by atoms with Crippen LogP contribution in [-0.2, 0) is 17.1 Å². The number of anilines is 1. The number of benzene rings is 1. The summed E-state index contributed by atoms with van der Waals surface area (Å²) in [5.41, 5.74) is 0.741. The summed E-state index contributed by atoms with van der Waals surface area (Å²) in [6.07, 6.45) is 2.93. The molecule has 0 bridgehead atoms. The number of fused-ring (bicyclic) bond motifs is 1. The topological polar surface area (TPSA) is 55.2 Å². The molecule has 21 heavy (non-hydrogen) atoms. The first-order valence-electron chi connectivity index (χ1n) is 6.59. The largest absolute Gasteiger partial charge is 0.274 e. The number of nitrogens with zero attached hydrogens (tertiary/aromatic N) is 3. The van der Waals surface area contributed by atoms with Crippen molar-refractivity contribution in [1.29, 1.82) is 0 Å². The molecule has 5 nitrogen and oxygen atoms in total. The summed E-state index contributed by atoms with van der Waals surface area (Å²) in [4.78, 5) is 1.21. The Labute approximate surface area is 129 Å². The Bertz CT molecular complexity index is 781. The number of hydrogen-bond donors (Lipinski definition) is 0. The minimum absolute atomic E-state index is 0.177. The quantitative estimate of drug-likeness (QED) is 0.852. The smallest absolute Gasteiger partial charge is 0.267 e. The van der Waals surface area contributed by atoms with Gasteiger partial charge in [0.25, 0.3) is 10.0 Å². The van der Waals surface area contributed by atoms with Crippen molar-refractivity contribution in [2.45, 2.75) is 28.4 Å². The van der Waals surface area contributed by atoms with Crippen molar-refractivity contribution in [2.24, 2.45) is 7.05 Å². The van der Waals surface area contributed by atoms with Gasteiger partial charge in [-0.25, -0.2) is 8.42 Å². The zero-order valence-electron chi connectivity index (χ0n) is 12.1. The Morgan fingerprint density at radius 2 is 2.00 bits per heavy atom. The molecule has 0 saturated carbocycles. The second kappa shape index (κ2) is 4.78. The average molecular weight is 323 g/mol. The predicted molar refractivity (Wildman–Crippen MR) is 84.1 cm³/mol. The Hall–Kier alpha value is -1.47. The predicted octanol–water partition coefficient (Wildman–Crippen LogP) is 2.50. The van der Waals surface area contributed by atoms with Gasteiger partial charge in [0.05, 0.1) is 11.9 Å². The van der Waals surface area contributed by atoms with Gasteiger partial charge in [-0.05, 0) is 26.0 Å². The van der Waals surface area contributed by atoms with Crippen LogP contribution in [0.5, 0.6) is 0 Å². The van der Waals surface area contributed by atoms with Crippen LogP contribution in [-0.4, -0.2) is 29.5 Å². The lowest BCUT2D eigenvalue weighted by Crippen LogP contribution is -2.43. The van der Waals surface area contributed by atoms with Crippen LogP contribution in [0.2, 0.25) is 0 Å². The molecule has 0 N–H and O–H groups in total. The molecule has 2 aromatic rings. The van der Waals surface area contributed by atoms with Crippen LogP contribution >= 0.6 is 11.8 Å². The van der Waals surface area contributed by atoms with Gasteiger partial charge < -0.3 is 0 Å². The summed E-state index contributed by atoms with van der Waals surface area (Å²) >= 11 is 1.71. The first kappa shape index (κ1) is 14.5. The fourth-order valence-corrected chi connectivity index (χ4v) is 5.37. The standard InChI is InChI=1S/C14H17N3O2S2/c1-14(2)10-17(12-6-4-5-7-13(12)20-14)21(18,19)11-8-15-16(3)9-11/h4-9H,10H2,1-3H3. The molecular weight excluding hydrogens is 306 g/mol.